The van der Waals surface area contributed by atoms with Crippen molar-refractivity contribution in [1.29, 1.82) is 0 Å². The van der Waals surface area contributed by atoms with E-state index in [9.17, 15) is 4.79 Å². The fourth-order valence-electron chi connectivity index (χ4n) is 3.82. The summed E-state index contributed by atoms with van der Waals surface area (Å²) in [6.07, 6.45) is 1.60. The molecule has 5 heteroatoms. The number of aromatic nitrogens is 2. The minimum absolute atomic E-state index is 0.0407. The molecule has 0 aliphatic rings. The predicted octanol–water partition coefficient (Wildman–Crippen LogP) is 5.09. The molecular weight excluding hydrogens is 398 g/mol. The summed E-state index contributed by atoms with van der Waals surface area (Å²) in [5.74, 6) is 1.91. The van der Waals surface area contributed by atoms with E-state index in [0.29, 0.717) is 18.7 Å². The zero-order valence-corrected chi connectivity index (χ0v) is 18.7. The Morgan fingerprint density at radius 2 is 1.78 bits per heavy atom. The average Bonchev–Trinajstić information content (AvgIpc) is 3.17. The summed E-state index contributed by atoms with van der Waals surface area (Å²) >= 11 is 0. The number of para-hydroxylation sites is 2. The van der Waals surface area contributed by atoms with Gasteiger partial charge in [0.05, 0.1) is 17.6 Å². The summed E-state index contributed by atoms with van der Waals surface area (Å²) in [6, 6.07) is 23.8. The first-order valence-electron chi connectivity index (χ1n) is 11.1. The molecule has 1 N–H and O–H groups in total. The summed E-state index contributed by atoms with van der Waals surface area (Å²) in [5.41, 5.74) is 5.11. The molecule has 164 valence electrons. The molecule has 0 spiro atoms. The lowest BCUT2D eigenvalue weighted by atomic mass is 10.1. The second-order valence-corrected chi connectivity index (χ2v) is 8.01. The van der Waals surface area contributed by atoms with Crippen molar-refractivity contribution in [3.05, 3.63) is 95.3 Å². The highest BCUT2D eigenvalue weighted by Gasteiger charge is 2.11. The second kappa shape index (κ2) is 10.1. The summed E-state index contributed by atoms with van der Waals surface area (Å²) in [6.45, 7) is 6.04. The minimum atomic E-state index is -0.0407. The normalized spacial score (nSPS) is 10.9. The van der Waals surface area contributed by atoms with E-state index >= 15 is 0 Å². The van der Waals surface area contributed by atoms with Gasteiger partial charge in [-0.2, -0.15) is 0 Å². The van der Waals surface area contributed by atoms with Crippen LogP contribution in [-0.4, -0.2) is 28.6 Å². The molecule has 1 aromatic heterocycles. The average molecular weight is 428 g/mol. The zero-order chi connectivity index (χ0) is 22.3. The number of rotatable bonds is 9. The highest BCUT2D eigenvalue weighted by atomic mass is 16.5. The van der Waals surface area contributed by atoms with Crippen LogP contribution in [0.1, 0.15) is 33.7 Å². The van der Waals surface area contributed by atoms with Gasteiger partial charge in [-0.25, -0.2) is 4.98 Å². The van der Waals surface area contributed by atoms with E-state index in [4.69, 9.17) is 9.72 Å². The van der Waals surface area contributed by atoms with Gasteiger partial charge in [0.15, 0.2) is 0 Å². The van der Waals surface area contributed by atoms with Crippen molar-refractivity contribution in [2.24, 2.45) is 0 Å². The van der Waals surface area contributed by atoms with E-state index in [1.54, 1.807) is 0 Å². The molecule has 0 aliphatic carbocycles. The van der Waals surface area contributed by atoms with Crippen molar-refractivity contribution in [2.75, 3.05) is 13.2 Å². The summed E-state index contributed by atoms with van der Waals surface area (Å²) in [7, 11) is 0. The fraction of sp³-hybridized carbons (Fsp3) is 0.259. The van der Waals surface area contributed by atoms with Crippen LogP contribution in [0.4, 0.5) is 0 Å². The molecule has 4 aromatic rings. The maximum atomic E-state index is 12.2. The molecule has 3 aromatic carbocycles. The number of hydrogen-bond acceptors (Lipinski definition) is 3. The van der Waals surface area contributed by atoms with Crippen LogP contribution in [-0.2, 0) is 13.0 Å². The Labute approximate surface area is 189 Å². The standard InChI is InChI=1S/C27H29N3O2/c1-20-14-15-21(2)25(19-20)32-18-17-30-24-12-7-6-11-23(24)29-26(30)13-8-16-28-27(31)22-9-4-3-5-10-22/h3-7,9-12,14-15,19H,8,13,16-18H2,1-2H3,(H,28,31). The van der Waals surface area contributed by atoms with Crippen LogP contribution in [0, 0.1) is 13.8 Å². The lowest BCUT2D eigenvalue weighted by Crippen LogP contribution is -2.25. The topological polar surface area (TPSA) is 56.1 Å². The number of fused-ring (bicyclic) bond motifs is 1. The highest BCUT2D eigenvalue weighted by Crippen LogP contribution is 2.20. The molecule has 0 radical (unpaired) electrons. The van der Waals surface area contributed by atoms with Crippen LogP contribution in [0.2, 0.25) is 0 Å². The van der Waals surface area contributed by atoms with Crippen molar-refractivity contribution in [1.82, 2.24) is 14.9 Å². The Balaban J connectivity index is 1.39. The van der Waals surface area contributed by atoms with E-state index in [2.05, 4.69) is 48.0 Å². The predicted molar refractivity (Wildman–Crippen MR) is 128 cm³/mol. The Kier molecular flexibility index (Phi) is 6.85. The summed E-state index contributed by atoms with van der Waals surface area (Å²) in [5, 5.41) is 3.00. The molecule has 1 amide bonds. The van der Waals surface area contributed by atoms with E-state index in [1.807, 2.05) is 48.5 Å². The van der Waals surface area contributed by atoms with Gasteiger partial charge in [0.2, 0.25) is 0 Å². The number of benzene rings is 3. The number of imidazole rings is 1. The van der Waals surface area contributed by atoms with Crippen molar-refractivity contribution in [2.45, 2.75) is 33.2 Å². The molecule has 0 aliphatic heterocycles. The molecule has 1 heterocycles. The van der Waals surface area contributed by atoms with Gasteiger partial charge in [-0.3, -0.25) is 4.79 Å². The third kappa shape index (κ3) is 5.17. The van der Waals surface area contributed by atoms with Gasteiger partial charge in [-0.15, -0.1) is 0 Å². The molecule has 0 fully saturated rings. The fourth-order valence-corrected chi connectivity index (χ4v) is 3.82. The van der Waals surface area contributed by atoms with Crippen LogP contribution in [0.25, 0.3) is 11.0 Å². The molecule has 0 saturated carbocycles. The number of aryl methyl sites for hydroxylation is 3. The molecule has 5 nitrogen and oxygen atoms in total. The van der Waals surface area contributed by atoms with E-state index in [1.165, 1.54) is 5.56 Å². The number of nitrogens with one attached hydrogen (secondary N) is 1. The van der Waals surface area contributed by atoms with Crippen LogP contribution in [0.5, 0.6) is 5.75 Å². The second-order valence-electron chi connectivity index (χ2n) is 8.01. The minimum Gasteiger partial charge on any atom is -0.491 e. The first kappa shape index (κ1) is 21.6. The molecular formula is C27H29N3O2. The number of carbonyl (C=O) groups is 1. The number of ether oxygens (including phenoxy) is 1. The maximum absolute atomic E-state index is 12.2. The van der Waals surface area contributed by atoms with Gasteiger partial charge in [0.25, 0.3) is 5.91 Å². The highest BCUT2D eigenvalue weighted by molar-refractivity contribution is 5.94. The van der Waals surface area contributed by atoms with Crippen LogP contribution >= 0.6 is 0 Å². The quantitative estimate of drug-likeness (QED) is 0.378. The van der Waals surface area contributed by atoms with E-state index in [-0.39, 0.29) is 5.91 Å². The smallest absolute Gasteiger partial charge is 0.251 e. The van der Waals surface area contributed by atoms with Gasteiger partial charge in [0.1, 0.15) is 18.2 Å². The van der Waals surface area contributed by atoms with Crippen molar-refractivity contribution < 1.29 is 9.53 Å². The SMILES string of the molecule is Cc1ccc(C)c(OCCn2c(CCCNC(=O)c3ccccc3)nc3ccccc32)c1. The number of hydrogen-bond donors (Lipinski definition) is 1. The van der Waals surface area contributed by atoms with Gasteiger partial charge in [0, 0.05) is 18.5 Å². The maximum Gasteiger partial charge on any atom is 0.251 e. The molecule has 0 unspecified atom stereocenters. The Hall–Kier alpha value is -3.60. The number of carbonyl (C=O) groups excluding carboxylic acids is 1. The molecule has 0 atom stereocenters. The van der Waals surface area contributed by atoms with Crippen molar-refractivity contribution in [3.8, 4) is 5.75 Å². The monoisotopic (exact) mass is 427 g/mol. The third-order valence-corrected chi connectivity index (χ3v) is 5.55. The lowest BCUT2D eigenvalue weighted by Gasteiger charge is -2.13. The zero-order valence-electron chi connectivity index (χ0n) is 18.7. The van der Waals surface area contributed by atoms with Crippen molar-refractivity contribution in [3.63, 3.8) is 0 Å². The number of amides is 1. The Morgan fingerprint density at radius 3 is 2.62 bits per heavy atom. The molecule has 32 heavy (non-hydrogen) atoms. The van der Waals surface area contributed by atoms with Crippen LogP contribution in [0.3, 0.4) is 0 Å². The molecule has 0 saturated heterocycles. The summed E-state index contributed by atoms with van der Waals surface area (Å²) < 4.78 is 8.33. The van der Waals surface area contributed by atoms with Gasteiger partial charge < -0.3 is 14.6 Å². The Bertz CT molecular complexity index is 1200. The van der Waals surface area contributed by atoms with E-state index < -0.39 is 0 Å². The first-order valence-corrected chi connectivity index (χ1v) is 11.1. The van der Waals surface area contributed by atoms with Gasteiger partial charge in [-0.1, -0.05) is 42.5 Å². The molecule has 0 bridgehead atoms. The van der Waals surface area contributed by atoms with Gasteiger partial charge in [-0.05, 0) is 61.7 Å². The summed E-state index contributed by atoms with van der Waals surface area (Å²) in [4.78, 5) is 17.1. The van der Waals surface area contributed by atoms with Crippen molar-refractivity contribution >= 4 is 16.9 Å². The van der Waals surface area contributed by atoms with Gasteiger partial charge >= 0.3 is 0 Å². The molecule has 4 rings (SSSR count). The number of nitrogens with zero attached hydrogens (tertiary/aromatic N) is 2. The lowest BCUT2D eigenvalue weighted by molar-refractivity contribution is 0.0953. The third-order valence-electron chi connectivity index (χ3n) is 5.55. The van der Waals surface area contributed by atoms with Crippen LogP contribution < -0.4 is 10.1 Å². The largest absolute Gasteiger partial charge is 0.491 e. The first-order chi connectivity index (χ1) is 15.6. The Morgan fingerprint density at radius 1 is 1.00 bits per heavy atom. The van der Waals surface area contributed by atoms with E-state index in [0.717, 1.165) is 47.6 Å². The van der Waals surface area contributed by atoms with Crippen LogP contribution in [0.15, 0.2) is 72.8 Å².